The summed E-state index contributed by atoms with van der Waals surface area (Å²) in [5, 5.41) is 20.5. The van der Waals surface area contributed by atoms with Gasteiger partial charge in [0.15, 0.2) is 0 Å². The van der Waals surface area contributed by atoms with E-state index in [0.717, 1.165) is 51.4 Å². The smallest absolute Gasteiger partial charge is 0.550 e. The predicted molar refractivity (Wildman–Crippen MR) is 63.2 cm³/mol. The van der Waals surface area contributed by atoms with Crippen LogP contribution >= 0.6 is 0 Å². The van der Waals surface area contributed by atoms with E-state index in [1.165, 1.54) is 12.8 Å². The molecule has 2 aliphatic carbocycles. The van der Waals surface area contributed by atoms with E-state index < -0.39 is 11.9 Å². The van der Waals surface area contributed by atoms with Crippen molar-refractivity contribution in [3.05, 3.63) is 0 Å². The van der Waals surface area contributed by atoms with E-state index in [-0.39, 0.29) is 28.3 Å². The summed E-state index contributed by atoms with van der Waals surface area (Å²) < 4.78 is 0. The van der Waals surface area contributed by atoms with Crippen LogP contribution in [0, 0.1) is 11.8 Å². The van der Waals surface area contributed by atoms with Gasteiger partial charge in [-0.25, -0.2) is 0 Å². The van der Waals surface area contributed by atoms with E-state index in [2.05, 4.69) is 0 Å². The summed E-state index contributed by atoms with van der Waals surface area (Å²) in [4.78, 5) is 20.5. The van der Waals surface area contributed by atoms with Gasteiger partial charge in [0, 0.05) is 11.9 Å². The molecule has 0 atom stereocenters. The van der Waals surface area contributed by atoms with Crippen molar-refractivity contribution in [2.45, 2.75) is 64.2 Å². The van der Waals surface area contributed by atoms with Crippen LogP contribution in [0.15, 0.2) is 0 Å². The van der Waals surface area contributed by atoms with Crippen LogP contribution < -0.4 is 10.2 Å². The van der Waals surface area contributed by atoms with Crippen LogP contribution in [0.4, 0.5) is 0 Å². The molecule has 2 fully saturated rings. The minimum Gasteiger partial charge on any atom is -0.550 e. The SMILES string of the molecule is O=C([O-])C1CCCCC1.O=C([O-])C1CCCCC1.[Ni+2]. The number of carbonyl (C=O) groups excluding carboxylic acids is 2. The van der Waals surface area contributed by atoms with Crippen molar-refractivity contribution in [1.82, 2.24) is 0 Å². The van der Waals surface area contributed by atoms with Crippen molar-refractivity contribution in [2.24, 2.45) is 11.8 Å². The first-order valence-corrected chi connectivity index (χ1v) is 7.03. The van der Waals surface area contributed by atoms with Gasteiger partial charge < -0.3 is 19.8 Å². The Morgan fingerprint density at radius 2 is 0.895 bits per heavy atom. The second-order valence-corrected chi connectivity index (χ2v) is 5.31. The molecule has 0 saturated heterocycles. The van der Waals surface area contributed by atoms with Crippen molar-refractivity contribution < 1.29 is 36.3 Å². The number of hydrogen-bond acceptors (Lipinski definition) is 4. The molecular formula is C14H22NiO4. The van der Waals surface area contributed by atoms with Crippen molar-refractivity contribution >= 4 is 11.9 Å². The van der Waals surface area contributed by atoms with Gasteiger partial charge in [-0.2, -0.15) is 0 Å². The molecule has 0 aromatic carbocycles. The van der Waals surface area contributed by atoms with Crippen molar-refractivity contribution in [3.8, 4) is 0 Å². The van der Waals surface area contributed by atoms with Crippen LogP contribution in [0.5, 0.6) is 0 Å². The third kappa shape index (κ3) is 7.56. The fourth-order valence-electron chi connectivity index (χ4n) is 2.68. The number of hydrogen-bond donors (Lipinski definition) is 0. The normalized spacial score (nSPS) is 20.6. The maximum absolute atomic E-state index is 10.2. The van der Waals surface area contributed by atoms with Crippen LogP contribution in [0.2, 0.25) is 0 Å². The molecule has 19 heavy (non-hydrogen) atoms. The van der Waals surface area contributed by atoms with Gasteiger partial charge in [0.05, 0.1) is 0 Å². The van der Waals surface area contributed by atoms with Gasteiger partial charge in [0.2, 0.25) is 0 Å². The van der Waals surface area contributed by atoms with Gasteiger partial charge in [0.25, 0.3) is 0 Å². The minimum absolute atomic E-state index is 0. The Hall–Kier alpha value is -0.566. The van der Waals surface area contributed by atoms with E-state index in [9.17, 15) is 19.8 Å². The average Bonchev–Trinajstić information content (AvgIpc) is 2.41. The zero-order valence-corrected chi connectivity index (χ0v) is 12.2. The first kappa shape index (κ1) is 18.4. The van der Waals surface area contributed by atoms with E-state index in [1.807, 2.05) is 0 Å². The van der Waals surface area contributed by atoms with Gasteiger partial charge in [-0.1, -0.05) is 38.5 Å². The van der Waals surface area contributed by atoms with Crippen LogP contribution in [0.3, 0.4) is 0 Å². The molecule has 4 nitrogen and oxygen atoms in total. The molecule has 0 N–H and O–H groups in total. The van der Waals surface area contributed by atoms with Crippen molar-refractivity contribution in [1.29, 1.82) is 0 Å². The maximum atomic E-state index is 10.2. The first-order chi connectivity index (χ1) is 8.61. The minimum atomic E-state index is -0.852. The topological polar surface area (TPSA) is 80.3 Å². The molecular weight excluding hydrogens is 291 g/mol. The number of carboxylic acid groups (broad SMARTS) is 2. The van der Waals surface area contributed by atoms with Gasteiger partial charge >= 0.3 is 16.5 Å². The van der Waals surface area contributed by atoms with Crippen LogP contribution in [-0.2, 0) is 26.1 Å². The number of aliphatic carboxylic acids is 2. The van der Waals surface area contributed by atoms with Crippen LogP contribution in [0.25, 0.3) is 0 Å². The predicted octanol–water partition coefficient (Wildman–Crippen LogP) is 0.631. The molecule has 112 valence electrons. The third-order valence-electron chi connectivity index (χ3n) is 3.88. The van der Waals surface area contributed by atoms with Gasteiger partial charge in [-0.3, -0.25) is 0 Å². The average molecular weight is 313 g/mol. The fraction of sp³-hybridized carbons (Fsp3) is 0.857. The second-order valence-electron chi connectivity index (χ2n) is 5.31. The van der Waals surface area contributed by atoms with Crippen LogP contribution in [0.1, 0.15) is 64.2 Å². The number of carbonyl (C=O) groups is 2. The monoisotopic (exact) mass is 312 g/mol. The van der Waals surface area contributed by atoms with E-state index in [4.69, 9.17) is 0 Å². The van der Waals surface area contributed by atoms with Gasteiger partial charge in [-0.15, -0.1) is 0 Å². The Morgan fingerprint density at radius 3 is 1.05 bits per heavy atom. The largest absolute Gasteiger partial charge is 2.00 e. The Bertz CT molecular complexity index is 241. The Labute approximate surface area is 124 Å². The van der Waals surface area contributed by atoms with Gasteiger partial charge in [0.1, 0.15) is 0 Å². The molecule has 0 spiro atoms. The maximum Gasteiger partial charge on any atom is 2.00 e. The summed E-state index contributed by atoms with van der Waals surface area (Å²) >= 11 is 0. The number of carboxylic acids is 2. The van der Waals surface area contributed by atoms with E-state index in [0.29, 0.717) is 0 Å². The molecule has 0 amide bonds. The van der Waals surface area contributed by atoms with E-state index in [1.54, 1.807) is 0 Å². The molecule has 0 heterocycles. The molecule has 2 saturated carbocycles. The number of rotatable bonds is 2. The summed E-state index contributed by atoms with van der Waals surface area (Å²) in [5.41, 5.74) is 0. The first-order valence-electron chi connectivity index (χ1n) is 7.03. The molecule has 0 radical (unpaired) electrons. The molecule has 0 bridgehead atoms. The fourth-order valence-corrected chi connectivity index (χ4v) is 2.68. The molecule has 2 rings (SSSR count). The quantitative estimate of drug-likeness (QED) is 0.700. The van der Waals surface area contributed by atoms with Crippen molar-refractivity contribution in [2.75, 3.05) is 0 Å². The summed E-state index contributed by atoms with van der Waals surface area (Å²) in [5.74, 6) is -1.98. The summed E-state index contributed by atoms with van der Waals surface area (Å²) in [7, 11) is 0. The van der Waals surface area contributed by atoms with Gasteiger partial charge in [-0.05, 0) is 37.5 Å². The summed E-state index contributed by atoms with van der Waals surface area (Å²) in [6.07, 6.45) is 10.0. The zero-order valence-electron chi connectivity index (χ0n) is 11.2. The molecule has 0 aliphatic heterocycles. The molecule has 0 aromatic heterocycles. The Morgan fingerprint density at radius 1 is 0.632 bits per heavy atom. The Kier molecular flexibility index (Phi) is 9.94. The molecule has 0 unspecified atom stereocenters. The van der Waals surface area contributed by atoms with Crippen LogP contribution in [-0.4, -0.2) is 11.9 Å². The third-order valence-corrected chi connectivity index (χ3v) is 3.88. The molecule has 2 aliphatic rings. The summed E-state index contributed by atoms with van der Waals surface area (Å²) in [6.45, 7) is 0. The zero-order chi connectivity index (χ0) is 13.4. The standard InChI is InChI=1S/2C7H12O2.Ni/c2*8-7(9)6-4-2-1-3-5-6;/h2*6H,1-5H2,(H,8,9);/q;;+2/p-2. The Balaban J connectivity index is 0.000000324. The molecule has 0 aromatic rings. The second kappa shape index (κ2) is 10.2. The summed E-state index contributed by atoms with van der Waals surface area (Å²) in [6, 6.07) is 0. The van der Waals surface area contributed by atoms with Crippen molar-refractivity contribution in [3.63, 3.8) is 0 Å². The van der Waals surface area contributed by atoms with E-state index >= 15 is 0 Å². The molecule has 5 heteroatoms.